The van der Waals surface area contributed by atoms with E-state index in [2.05, 4.69) is 50.0 Å². The standard InChI is InChI=1S/C18H20ClN/c1-13(2)20-12-16-6-4-5-7-18(16)14(3)15-8-10-17(19)11-9-15/h4-11,13,20H,3,12H2,1-2H3. The van der Waals surface area contributed by atoms with E-state index in [0.717, 1.165) is 22.7 Å². The number of halogens is 1. The molecule has 0 amide bonds. The molecule has 104 valence electrons. The monoisotopic (exact) mass is 285 g/mol. The summed E-state index contributed by atoms with van der Waals surface area (Å²) < 4.78 is 0. The van der Waals surface area contributed by atoms with Crippen LogP contribution in [-0.2, 0) is 6.54 Å². The van der Waals surface area contributed by atoms with Crippen molar-refractivity contribution < 1.29 is 0 Å². The molecule has 0 spiro atoms. The molecule has 2 aromatic carbocycles. The lowest BCUT2D eigenvalue weighted by Crippen LogP contribution is -2.22. The molecule has 2 rings (SSSR count). The smallest absolute Gasteiger partial charge is 0.0406 e. The first kappa shape index (κ1) is 14.8. The molecule has 0 bridgehead atoms. The lowest BCUT2D eigenvalue weighted by molar-refractivity contribution is 0.588. The van der Waals surface area contributed by atoms with Gasteiger partial charge in [0.25, 0.3) is 0 Å². The average Bonchev–Trinajstić information content (AvgIpc) is 2.45. The Morgan fingerprint density at radius 3 is 2.40 bits per heavy atom. The van der Waals surface area contributed by atoms with E-state index in [9.17, 15) is 0 Å². The summed E-state index contributed by atoms with van der Waals surface area (Å²) in [6.07, 6.45) is 0. The molecule has 20 heavy (non-hydrogen) atoms. The van der Waals surface area contributed by atoms with Crippen LogP contribution in [0.4, 0.5) is 0 Å². The van der Waals surface area contributed by atoms with Crippen molar-refractivity contribution in [1.82, 2.24) is 5.32 Å². The Morgan fingerprint density at radius 2 is 1.75 bits per heavy atom. The Hall–Kier alpha value is -1.57. The van der Waals surface area contributed by atoms with Crippen LogP contribution in [-0.4, -0.2) is 6.04 Å². The van der Waals surface area contributed by atoms with Crippen LogP contribution >= 0.6 is 11.6 Å². The molecule has 2 heteroatoms. The molecule has 0 saturated carbocycles. The zero-order valence-electron chi connectivity index (χ0n) is 12.0. The van der Waals surface area contributed by atoms with Gasteiger partial charge < -0.3 is 5.32 Å². The van der Waals surface area contributed by atoms with E-state index in [-0.39, 0.29) is 0 Å². The van der Waals surface area contributed by atoms with Crippen LogP contribution in [0.2, 0.25) is 5.02 Å². The Bertz CT molecular complexity index is 585. The molecule has 0 radical (unpaired) electrons. The second-order valence-electron chi connectivity index (χ2n) is 5.18. The highest BCUT2D eigenvalue weighted by atomic mass is 35.5. The summed E-state index contributed by atoms with van der Waals surface area (Å²) in [4.78, 5) is 0. The first-order valence-corrected chi connectivity index (χ1v) is 7.22. The highest BCUT2D eigenvalue weighted by molar-refractivity contribution is 6.30. The van der Waals surface area contributed by atoms with E-state index in [1.165, 1.54) is 11.1 Å². The summed E-state index contributed by atoms with van der Waals surface area (Å²) in [6.45, 7) is 9.39. The van der Waals surface area contributed by atoms with Crippen molar-refractivity contribution in [3.63, 3.8) is 0 Å². The summed E-state index contributed by atoms with van der Waals surface area (Å²) in [6, 6.07) is 16.7. The molecule has 0 aliphatic rings. The van der Waals surface area contributed by atoms with Crippen LogP contribution in [0.1, 0.15) is 30.5 Å². The third kappa shape index (κ3) is 3.72. The summed E-state index contributed by atoms with van der Waals surface area (Å²) >= 11 is 5.94. The van der Waals surface area contributed by atoms with Crippen LogP contribution in [0.25, 0.3) is 5.57 Å². The fourth-order valence-electron chi connectivity index (χ4n) is 2.09. The van der Waals surface area contributed by atoms with Crippen LogP contribution in [0, 0.1) is 0 Å². The van der Waals surface area contributed by atoms with Crippen molar-refractivity contribution in [2.24, 2.45) is 0 Å². The summed E-state index contributed by atoms with van der Waals surface area (Å²) in [5.74, 6) is 0. The Balaban J connectivity index is 2.27. The van der Waals surface area contributed by atoms with Gasteiger partial charge >= 0.3 is 0 Å². The molecule has 1 N–H and O–H groups in total. The van der Waals surface area contributed by atoms with Gasteiger partial charge in [-0.3, -0.25) is 0 Å². The third-order valence-electron chi connectivity index (χ3n) is 3.24. The topological polar surface area (TPSA) is 12.0 Å². The number of hydrogen-bond acceptors (Lipinski definition) is 1. The van der Waals surface area contributed by atoms with Crippen LogP contribution < -0.4 is 5.32 Å². The van der Waals surface area contributed by atoms with Gasteiger partial charge in [0.05, 0.1) is 0 Å². The van der Waals surface area contributed by atoms with Crippen molar-refractivity contribution in [2.75, 3.05) is 0 Å². The molecule has 0 aromatic heterocycles. The highest BCUT2D eigenvalue weighted by Crippen LogP contribution is 2.25. The average molecular weight is 286 g/mol. The van der Waals surface area contributed by atoms with Crippen molar-refractivity contribution in [1.29, 1.82) is 0 Å². The zero-order chi connectivity index (χ0) is 14.5. The van der Waals surface area contributed by atoms with Crippen molar-refractivity contribution >= 4 is 17.2 Å². The molecule has 0 atom stereocenters. The zero-order valence-corrected chi connectivity index (χ0v) is 12.7. The van der Waals surface area contributed by atoms with E-state index in [1.807, 2.05) is 24.3 Å². The van der Waals surface area contributed by atoms with Gasteiger partial charge in [-0.05, 0) is 34.4 Å². The fraction of sp³-hybridized carbons (Fsp3) is 0.222. The van der Waals surface area contributed by atoms with Crippen LogP contribution in [0.15, 0.2) is 55.1 Å². The molecule has 0 aliphatic carbocycles. The number of rotatable bonds is 5. The predicted molar refractivity (Wildman–Crippen MR) is 88.0 cm³/mol. The Kier molecular flexibility index (Phi) is 4.99. The van der Waals surface area contributed by atoms with E-state index < -0.39 is 0 Å². The van der Waals surface area contributed by atoms with Gasteiger partial charge in [-0.2, -0.15) is 0 Å². The van der Waals surface area contributed by atoms with Gasteiger partial charge in [-0.1, -0.05) is 68.4 Å². The first-order valence-electron chi connectivity index (χ1n) is 6.84. The van der Waals surface area contributed by atoms with E-state index in [4.69, 9.17) is 11.6 Å². The molecular formula is C18H20ClN. The third-order valence-corrected chi connectivity index (χ3v) is 3.49. The van der Waals surface area contributed by atoms with E-state index >= 15 is 0 Å². The van der Waals surface area contributed by atoms with Gasteiger partial charge in [-0.25, -0.2) is 0 Å². The first-order chi connectivity index (χ1) is 9.58. The van der Waals surface area contributed by atoms with Gasteiger partial charge in [0, 0.05) is 17.6 Å². The van der Waals surface area contributed by atoms with Crippen molar-refractivity contribution in [3.05, 3.63) is 76.8 Å². The number of hydrogen-bond donors (Lipinski definition) is 1. The molecule has 0 heterocycles. The maximum Gasteiger partial charge on any atom is 0.0406 e. The molecule has 0 unspecified atom stereocenters. The number of nitrogens with one attached hydrogen (secondary N) is 1. The normalized spacial score (nSPS) is 10.8. The molecule has 0 aliphatic heterocycles. The van der Waals surface area contributed by atoms with Crippen molar-refractivity contribution in [3.8, 4) is 0 Å². The Morgan fingerprint density at radius 1 is 1.10 bits per heavy atom. The molecule has 1 nitrogen and oxygen atoms in total. The quantitative estimate of drug-likeness (QED) is 0.824. The lowest BCUT2D eigenvalue weighted by atomic mass is 9.95. The maximum absolute atomic E-state index is 5.94. The summed E-state index contributed by atoms with van der Waals surface area (Å²) in [7, 11) is 0. The summed E-state index contributed by atoms with van der Waals surface area (Å²) in [5.41, 5.74) is 4.58. The molecule has 0 fully saturated rings. The van der Waals surface area contributed by atoms with Gasteiger partial charge in [0.1, 0.15) is 0 Å². The van der Waals surface area contributed by atoms with Gasteiger partial charge in [-0.15, -0.1) is 0 Å². The maximum atomic E-state index is 5.94. The molecule has 2 aromatic rings. The molecular weight excluding hydrogens is 266 g/mol. The SMILES string of the molecule is C=C(c1ccc(Cl)cc1)c1ccccc1CNC(C)C. The van der Waals surface area contributed by atoms with Gasteiger partial charge in [0.15, 0.2) is 0 Å². The van der Waals surface area contributed by atoms with Crippen LogP contribution in [0.5, 0.6) is 0 Å². The summed E-state index contributed by atoms with van der Waals surface area (Å²) in [5, 5.41) is 4.20. The number of benzene rings is 2. The second kappa shape index (κ2) is 6.74. The van der Waals surface area contributed by atoms with E-state index in [0.29, 0.717) is 6.04 Å². The molecule has 0 saturated heterocycles. The van der Waals surface area contributed by atoms with Gasteiger partial charge in [0.2, 0.25) is 0 Å². The Labute approximate surface area is 126 Å². The highest BCUT2D eigenvalue weighted by Gasteiger charge is 2.08. The predicted octanol–water partition coefficient (Wildman–Crippen LogP) is 4.90. The van der Waals surface area contributed by atoms with Crippen molar-refractivity contribution in [2.45, 2.75) is 26.4 Å². The minimum atomic E-state index is 0.465. The largest absolute Gasteiger partial charge is 0.310 e. The fourth-order valence-corrected chi connectivity index (χ4v) is 2.22. The lowest BCUT2D eigenvalue weighted by Gasteiger charge is -2.14. The van der Waals surface area contributed by atoms with E-state index in [1.54, 1.807) is 0 Å². The minimum absolute atomic E-state index is 0.465. The second-order valence-corrected chi connectivity index (χ2v) is 5.61. The minimum Gasteiger partial charge on any atom is -0.310 e. The van der Waals surface area contributed by atoms with Crippen LogP contribution in [0.3, 0.4) is 0 Å².